The van der Waals surface area contributed by atoms with Gasteiger partial charge in [-0.3, -0.25) is 4.79 Å². The third kappa shape index (κ3) is 3.11. The predicted octanol–water partition coefficient (Wildman–Crippen LogP) is 4.67. The zero-order valence-electron chi connectivity index (χ0n) is 10.7. The number of carbonyl (C=O) groups is 1. The molecule has 0 amide bonds. The summed E-state index contributed by atoms with van der Waals surface area (Å²) in [4.78, 5) is 12.1. The molecular formula is C16H17ClO. The van der Waals surface area contributed by atoms with Crippen LogP contribution in [0.1, 0.15) is 32.3 Å². The molecule has 1 aliphatic carbocycles. The summed E-state index contributed by atoms with van der Waals surface area (Å²) < 4.78 is 0. The zero-order chi connectivity index (χ0) is 13.1. The Morgan fingerprint density at radius 2 is 1.72 bits per heavy atom. The van der Waals surface area contributed by atoms with E-state index in [2.05, 4.69) is 19.9 Å². The minimum atomic E-state index is 0.207. The van der Waals surface area contributed by atoms with Gasteiger partial charge in [-0.05, 0) is 48.1 Å². The number of benzene rings is 1. The molecule has 2 heteroatoms. The van der Waals surface area contributed by atoms with Crippen molar-refractivity contribution in [3.63, 3.8) is 0 Å². The van der Waals surface area contributed by atoms with Gasteiger partial charge in [0.05, 0.1) is 0 Å². The standard InChI is InChI=1S/C16H17ClO/c1-11(2)9-13-5-6-14(16(13)18)10-12-3-7-15(17)8-4-12/h3-4,7-11H,5-6H2,1-2H3. The Morgan fingerprint density at radius 3 is 2.33 bits per heavy atom. The molecule has 1 aromatic rings. The first-order valence-electron chi connectivity index (χ1n) is 6.28. The quantitative estimate of drug-likeness (QED) is 0.707. The summed E-state index contributed by atoms with van der Waals surface area (Å²) in [5.74, 6) is 0.637. The van der Waals surface area contributed by atoms with E-state index >= 15 is 0 Å². The van der Waals surface area contributed by atoms with Crippen molar-refractivity contribution in [2.75, 3.05) is 0 Å². The molecular weight excluding hydrogens is 244 g/mol. The fourth-order valence-corrected chi connectivity index (χ4v) is 2.29. The third-order valence-corrected chi connectivity index (χ3v) is 3.24. The van der Waals surface area contributed by atoms with Gasteiger partial charge in [0.2, 0.25) is 0 Å². The lowest BCUT2D eigenvalue weighted by molar-refractivity contribution is -0.111. The van der Waals surface area contributed by atoms with Crippen LogP contribution in [-0.4, -0.2) is 5.78 Å². The van der Waals surface area contributed by atoms with Crippen molar-refractivity contribution in [1.29, 1.82) is 0 Å². The van der Waals surface area contributed by atoms with E-state index in [1.165, 1.54) is 0 Å². The van der Waals surface area contributed by atoms with Gasteiger partial charge in [0.15, 0.2) is 5.78 Å². The summed E-state index contributed by atoms with van der Waals surface area (Å²) in [6.45, 7) is 4.20. The maximum Gasteiger partial charge on any atom is 0.184 e. The van der Waals surface area contributed by atoms with Gasteiger partial charge >= 0.3 is 0 Å². The van der Waals surface area contributed by atoms with E-state index < -0.39 is 0 Å². The summed E-state index contributed by atoms with van der Waals surface area (Å²) in [5.41, 5.74) is 2.91. The van der Waals surface area contributed by atoms with Crippen LogP contribution >= 0.6 is 11.6 Å². The first-order chi connectivity index (χ1) is 8.56. The van der Waals surface area contributed by atoms with Crippen LogP contribution in [0.15, 0.2) is 41.5 Å². The number of Topliss-reactive ketones (excluding diaryl/α,β-unsaturated/α-hetero) is 1. The lowest BCUT2D eigenvalue weighted by Gasteiger charge is -1.99. The van der Waals surface area contributed by atoms with E-state index in [-0.39, 0.29) is 5.78 Å². The average Bonchev–Trinajstić information content (AvgIpc) is 2.64. The second kappa shape index (κ2) is 5.53. The Morgan fingerprint density at radius 1 is 1.11 bits per heavy atom. The maximum absolute atomic E-state index is 12.1. The normalized spacial score (nSPS) is 20.3. The van der Waals surface area contributed by atoms with Crippen LogP contribution in [-0.2, 0) is 4.79 Å². The minimum Gasteiger partial charge on any atom is -0.289 e. The van der Waals surface area contributed by atoms with Gasteiger partial charge in [0, 0.05) is 10.6 Å². The predicted molar refractivity (Wildman–Crippen MR) is 76.6 cm³/mol. The van der Waals surface area contributed by atoms with Crippen molar-refractivity contribution in [3.8, 4) is 0 Å². The van der Waals surface area contributed by atoms with Crippen molar-refractivity contribution in [3.05, 3.63) is 52.1 Å². The molecule has 2 rings (SSSR count). The molecule has 1 aliphatic rings. The van der Waals surface area contributed by atoms with Crippen LogP contribution in [0.3, 0.4) is 0 Å². The van der Waals surface area contributed by atoms with Gasteiger partial charge in [0.25, 0.3) is 0 Å². The van der Waals surface area contributed by atoms with Gasteiger partial charge in [0.1, 0.15) is 0 Å². The lowest BCUT2D eigenvalue weighted by atomic mass is 10.1. The molecule has 18 heavy (non-hydrogen) atoms. The molecule has 0 radical (unpaired) electrons. The van der Waals surface area contributed by atoms with Crippen LogP contribution < -0.4 is 0 Å². The van der Waals surface area contributed by atoms with E-state index in [9.17, 15) is 4.79 Å². The molecule has 0 heterocycles. The SMILES string of the molecule is CC(C)C=C1CCC(=Cc2ccc(Cl)cc2)C1=O. The second-order valence-electron chi connectivity index (χ2n) is 4.99. The summed E-state index contributed by atoms with van der Waals surface area (Å²) in [5, 5.41) is 0.718. The molecule has 0 bridgehead atoms. The highest BCUT2D eigenvalue weighted by atomic mass is 35.5. The Balaban J connectivity index is 2.21. The molecule has 1 fully saturated rings. The van der Waals surface area contributed by atoms with E-state index in [0.717, 1.165) is 34.6 Å². The third-order valence-electron chi connectivity index (χ3n) is 2.99. The number of allylic oxidation sites excluding steroid dienone is 3. The van der Waals surface area contributed by atoms with Gasteiger partial charge in [-0.2, -0.15) is 0 Å². The highest BCUT2D eigenvalue weighted by Gasteiger charge is 2.22. The Kier molecular flexibility index (Phi) is 4.03. The molecule has 1 aromatic carbocycles. The molecule has 94 valence electrons. The number of carbonyl (C=O) groups excluding carboxylic acids is 1. The lowest BCUT2D eigenvalue weighted by Crippen LogP contribution is -1.97. The number of halogens is 1. The largest absolute Gasteiger partial charge is 0.289 e. The van der Waals surface area contributed by atoms with E-state index in [1.54, 1.807) is 0 Å². The molecule has 0 saturated heterocycles. The topological polar surface area (TPSA) is 17.1 Å². The molecule has 1 saturated carbocycles. The molecule has 0 unspecified atom stereocenters. The first-order valence-corrected chi connectivity index (χ1v) is 6.65. The molecule has 1 nitrogen and oxygen atoms in total. The number of rotatable bonds is 2. The number of ketones is 1. The van der Waals surface area contributed by atoms with Crippen LogP contribution in [0.2, 0.25) is 5.02 Å². The number of hydrogen-bond acceptors (Lipinski definition) is 1. The van der Waals surface area contributed by atoms with Crippen LogP contribution in [0, 0.1) is 5.92 Å². The van der Waals surface area contributed by atoms with Crippen molar-refractivity contribution in [1.82, 2.24) is 0 Å². The summed E-state index contributed by atoms with van der Waals surface area (Å²) in [6.07, 6.45) is 5.77. The van der Waals surface area contributed by atoms with Crippen molar-refractivity contribution in [2.45, 2.75) is 26.7 Å². The van der Waals surface area contributed by atoms with Gasteiger partial charge in [-0.15, -0.1) is 0 Å². The molecule has 0 N–H and O–H groups in total. The summed E-state index contributed by atoms with van der Waals surface area (Å²) in [6, 6.07) is 7.57. The minimum absolute atomic E-state index is 0.207. The molecule has 0 aliphatic heterocycles. The van der Waals surface area contributed by atoms with Crippen molar-refractivity contribution < 1.29 is 4.79 Å². The van der Waals surface area contributed by atoms with Gasteiger partial charge < -0.3 is 0 Å². The van der Waals surface area contributed by atoms with Crippen LogP contribution in [0.25, 0.3) is 6.08 Å². The Hall–Kier alpha value is -1.34. The summed E-state index contributed by atoms with van der Waals surface area (Å²) >= 11 is 5.84. The number of hydrogen-bond donors (Lipinski definition) is 0. The molecule has 0 spiro atoms. The zero-order valence-corrected chi connectivity index (χ0v) is 11.5. The van der Waals surface area contributed by atoms with Crippen molar-refractivity contribution in [2.24, 2.45) is 5.92 Å². The van der Waals surface area contributed by atoms with Gasteiger partial charge in [-0.25, -0.2) is 0 Å². The van der Waals surface area contributed by atoms with Crippen LogP contribution in [0.5, 0.6) is 0 Å². The van der Waals surface area contributed by atoms with Gasteiger partial charge in [-0.1, -0.05) is 43.7 Å². The Labute approximate surface area is 113 Å². The fourth-order valence-electron chi connectivity index (χ4n) is 2.16. The van der Waals surface area contributed by atoms with E-state index in [0.29, 0.717) is 5.92 Å². The van der Waals surface area contributed by atoms with E-state index in [1.807, 2.05) is 30.3 Å². The average molecular weight is 261 g/mol. The second-order valence-corrected chi connectivity index (χ2v) is 5.42. The highest BCUT2D eigenvalue weighted by molar-refractivity contribution is 6.30. The summed E-state index contributed by atoms with van der Waals surface area (Å²) in [7, 11) is 0. The highest BCUT2D eigenvalue weighted by Crippen LogP contribution is 2.29. The van der Waals surface area contributed by atoms with Crippen molar-refractivity contribution >= 4 is 23.5 Å². The molecule has 0 aromatic heterocycles. The van der Waals surface area contributed by atoms with Crippen LogP contribution in [0.4, 0.5) is 0 Å². The monoisotopic (exact) mass is 260 g/mol. The smallest absolute Gasteiger partial charge is 0.184 e. The first kappa shape index (κ1) is 13.1. The molecule has 0 atom stereocenters. The fraction of sp³-hybridized carbons (Fsp3) is 0.312. The Bertz CT molecular complexity index is 506. The maximum atomic E-state index is 12.1. The van der Waals surface area contributed by atoms with E-state index in [4.69, 9.17) is 11.6 Å².